The highest BCUT2D eigenvalue weighted by Gasteiger charge is 2.22. The van der Waals surface area contributed by atoms with Gasteiger partial charge in [0.15, 0.2) is 0 Å². The van der Waals surface area contributed by atoms with E-state index in [0.29, 0.717) is 17.2 Å². The second kappa shape index (κ2) is 8.85. The Hall–Kier alpha value is -2.62. The summed E-state index contributed by atoms with van der Waals surface area (Å²) in [6, 6.07) is 15.1. The standard InChI is InChI=1S/C23H28N2O2/c1-16(2)18-11-8-12-19(15-18)24-23(27)20-13-6-7-14-21(20)25-22(26)17-9-4-3-5-10-17/h6-8,11-17H,3-5,9-10H2,1-2H3,(H,24,27)(H,25,26). The van der Waals surface area contributed by atoms with Crippen LogP contribution in [0.5, 0.6) is 0 Å². The second-order valence-corrected chi connectivity index (χ2v) is 7.60. The molecular weight excluding hydrogens is 336 g/mol. The normalized spacial score (nSPS) is 14.8. The van der Waals surface area contributed by atoms with Gasteiger partial charge in [0.25, 0.3) is 5.91 Å². The number of carbonyl (C=O) groups is 2. The summed E-state index contributed by atoms with van der Waals surface area (Å²) in [7, 11) is 0. The van der Waals surface area contributed by atoms with Gasteiger partial charge in [0.2, 0.25) is 5.91 Å². The highest BCUT2D eigenvalue weighted by atomic mass is 16.2. The molecule has 3 rings (SSSR count). The molecule has 2 amide bonds. The van der Waals surface area contributed by atoms with E-state index in [2.05, 4.69) is 30.5 Å². The third-order valence-corrected chi connectivity index (χ3v) is 5.22. The number of amides is 2. The maximum Gasteiger partial charge on any atom is 0.257 e. The average molecular weight is 364 g/mol. The van der Waals surface area contributed by atoms with Gasteiger partial charge >= 0.3 is 0 Å². The van der Waals surface area contributed by atoms with E-state index in [-0.39, 0.29) is 17.7 Å². The number of carbonyl (C=O) groups excluding carboxylic acids is 2. The van der Waals surface area contributed by atoms with Gasteiger partial charge in [0.1, 0.15) is 0 Å². The van der Waals surface area contributed by atoms with Crippen LogP contribution in [0.4, 0.5) is 11.4 Å². The van der Waals surface area contributed by atoms with Crippen molar-refractivity contribution in [2.75, 3.05) is 10.6 Å². The molecule has 1 aliphatic carbocycles. The lowest BCUT2D eigenvalue weighted by Crippen LogP contribution is -2.26. The number of hydrogen-bond donors (Lipinski definition) is 2. The lowest BCUT2D eigenvalue weighted by molar-refractivity contribution is -0.120. The third kappa shape index (κ3) is 4.97. The minimum absolute atomic E-state index is 0.0248. The SMILES string of the molecule is CC(C)c1cccc(NC(=O)c2ccccc2NC(=O)C2CCCCC2)c1. The quantitative estimate of drug-likeness (QED) is 0.727. The van der Waals surface area contributed by atoms with Crippen LogP contribution in [0.2, 0.25) is 0 Å². The summed E-state index contributed by atoms with van der Waals surface area (Å²) in [6.07, 6.45) is 5.28. The fourth-order valence-corrected chi connectivity index (χ4v) is 3.56. The Morgan fingerprint density at radius 3 is 2.41 bits per heavy atom. The van der Waals surface area contributed by atoms with E-state index in [0.717, 1.165) is 31.4 Å². The van der Waals surface area contributed by atoms with Gasteiger partial charge in [-0.05, 0) is 48.6 Å². The topological polar surface area (TPSA) is 58.2 Å². The minimum atomic E-state index is -0.213. The van der Waals surface area contributed by atoms with Crippen molar-refractivity contribution >= 4 is 23.2 Å². The Kier molecular flexibility index (Phi) is 6.28. The summed E-state index contributed by atoms with van der Waals surface area (Å²) in [4.78, 5) is 25.4. The summed E-state index contributed by atoms with van der Waals surface area (Å²) in [5, 5.41) is 5.93. The molecule has 142 valence electrons. The lowest BCUT2D eigenvalue weighted by Gasteiger charge is -2.21. The van der Waals surface area contributed by atoms with Crippen molar-refractivity contribution in [3.8, 4) is 0 Å². The van der Waals surface area contributed by atoms with Crippen molar-refractivity contribution in [3.05, 3.63) is 59.7 Å². The number of nitrogens with one attached hydrogen (secondary N) is 2. The number of para-hydroxylation sites is 1. The summed E-state index contributed by atoms with van der Waals surface area (Å²) in [6.45, 7) is 4.24. The van der Waals surface area contributed by atoms with Crippen molar-refractivity contribution in [2.45, 2.75) is 51.9 Å². The molecular formula is C23H28N2O2. The van der Waals surface area contributed by atoms with Crippen molar-refractivity contribution < 1.29 is 9.59 Å². The Labute approximate surface area is 161 Å². The van der Waals surface area contributed by atoms with Crippen molar-refractivity contribution in [2.24, 2.45) is 5.92 Å². The van der Waals surface area contributed by atoms with E-state index < -0.39 is 0 Å². The Morgan fingerprint density at radius 2 is 1.67 bits per heavy atom. The predicted octanol–water partition coefficient (Wildman–Crippen LogP) is 5.58. The monoisotopic (exact) mass is 364 g/mol. The van der Waals surface area contributed by atoms with Crippen LogP contribution in [0.15, 0.2) is 48.5 Å². The summed E-state index contributed by atoms with van der Waals surface area (Å²) in [5.74, 6) is 0.258. The number of hydrogen-bond acceptors (Lipinski definition) is 2. The molecule has 4 nitrogen and oxygen atoms in total. The largest absolute Gasteiger partial charge is 0.325 e. The minimum Gasteiger partial charge on any atom is -0.325 e. The third-order valence-electron chi connectivity index (χ3n) is 5.22. The van der Waals surface area contributed by atoms with Crippen LogP contribution in [0.25, 0.3) is 0 Å². The van der Waals surface area contributed by atoms with Gasteiger partial charge in [-0.1, -0.05) is 57.4 Å². The molecule has 1 aliphatic rings. The molecule has 2 aromatic rings. The summed E-state index contributed by atoms with van der Waals surface area (Å²) >= 11 is 0. The molecule has 0 saturated heterocycles. The van der Waals surface area contributed by atoms with Crippen LogP contribution in [0, 0.1) is 5.92 Å². The van der Waals surface area contributed by atoms with Gasteiger partial charge in [0, 0.05) is 11.6 Å². The van der Waals surface area contributed by atoms with Gasteiger partial charge in [-0.15, -0.1) is 0 Å². The van der Waals surface area contributed by atoms with Crippen LogP contribution < -0.4 is 10.6 Å². The van der Waals surface area contributed by atoms with E-state index >= 15 is 0 Å². The number of benzene rings is 2. The maximum atomic E-state index is 12.8. The fourth-order valence-electron chi connectivity index (χ4n) is 3.56. The van der Waals surface area contributed by atoms with Crippen LogP contribution in [-0.2, 0) is 4.79 Å². The van der Waals surface area contributed by atoms with Crippen LogP contribution in [0.3, 0.4) is 0 Å². The molecule has 0 aliphatic heterocycles. The molecule has 1 fully saturated rings. The first-order valence-corrected chi connectivity index (χ1v) is 9.86. The predicted molar refractivity (Wildman–Crippen MR) is 110 cm³/mol. The highest BCUT2D eigenvalue weighted by Crippen LogP contribution is 2.26. The zero-order valence-electron chi connectivity index (χ0n) is 16.1. The molecule has 1 saturated carbocycles. The molecule has 2 N–H and O–H groups in total. The molecule has 0 spiro atoms. The van der Waals surface area contributed by atoms with E-state index in [9.17, 15) is 9.59 Å². The Morgan fingerprint density at radius 1 is 0.926 bits per heavy atom. The van der Waals surface area contributed by atoms with Gasteiger partial charge in [-0.3, -0.25) is 9.59 Å². The first-order chi connectivity index (χ1) is 13.0. The lowest BCUT2D eigenvalue weighted by atomic mass is 9.88. The number of rotatable bonds is 5. The smallest absolute Gasteiger partial charge is 0.257 e. The van der Waals surface area contributed by atoms with Gasteiger partial charge in [-0.2, -0.15) is 0 Å². The Bertz CT molecular complexity index is 808. The summed E-state index contributed by atoms with van der Waals surface area (Å²) < 4.78 is 0. The van der Waals surface area contributed by atoms with Crippen molar-refractivity contribution in [1.82, 2.24) is 0 Å². The molecule has 0 unspecified atom stereocenters. The fraction of sp³-hybridized carbons (Fsp3) is 0.391. The molecule has 27 heavy (non-hydrogen) atoms. The summed E-state index contributed by atoms with van der Waals surface area (Å²) in [5.41, 5.74) is 2.99. The van der Waals surface area contributed by atoms with Gasteiger partial charge < -0.3 is 10.6 Å². The maximum absolute atomic E-state index is 12.8. The van der Waals surface area contributed by atoms with Crippen LogP contribution in [0.1, 0.15) is 67.8 Å². The van der Waals surface area contributed by atoms with Gasteiger partial charge in [0.05, 0.1) is 11.3 Å². The van der Waals surface area contributed by atoms with Crippen LogP contribution >= 0.6 is 0 Å². The molecule has 2 aromatic carbocycles. The van der Waals surface area contributed by atoms with Crippen molar-refractivity contribution in [3.63, 3.8) is 0 Å². The van der Waals surface area contributed by atoms with Gasteiger partial charge in [-0.25, -0.2) is 0 Å². The zero-order chi connectivity index (χ0) is 19.2. The number of anilines is 2. The molecule has 0 aromatic heterocycles. The highest BCUT2D eigenvalue weighted by molar-refractivity contribution is 6.10. The molecule has 0 radical (unpaired) electrons. The average Bonchev–Trinajstić information content (AvgIpc) is 2.69. The van der Waals surface area contributed by atoms with E-state index in [1.807, 2.05) is 30.3 Å². The first kappa shape index (κ1) is 19.2. The first-order valence-electron chi connectivity index (χ1n) is 9.86. The van der Waals surface area contributed by atoms with Crippen molar-refractivity contribution in [1.29, 1.82) is 0 Å². The second-order valence-electron chi connectivity index (χ2n) is 7.60. The Balaban J connectivity index is 1.73. The van der Waals surface area contributed by atoms with E-state index in [1.165, 1.54) is 12.0 Å². The van der Waals surface area contributed by atoms with Crippen LogP contribution in [-0.4, -0.2) is 11.8 Å². The molecule has 4 heteroatoms. The molecule has 0 atom stereocenters. The molecule has 0 heterocycles. The van der Waals surface area contributed by atoms with E-state index in [1.54, 1.807) is 12.1 Å². The molecule has 0 bridgehead atoms. The van der Waals surface area contributed by atoms with E-state index in [4.69, 9.17) is 0 Å². The zero-order valence-corrected chi connectivity index (χ0v) is 16.1.